The van der Waals surface area contributed by atoms with Crippen molar-refractivity contribution in [3.63, 3.8) is 0 Å². The predicted molar refractivity (Wildman–Crippen MR) is 71.8 cm³/mol. The van der Waals surface area contributed by atoms with Crippen molar-refractivity contribution in [2.75, 3.05) is 19.6 Å². The Balaban J connectivity index is 1.81. The maximum absolute atomic E-state index is 12.0. The number of amides is 2. The van der Waals surface area contributed by atoms with Crippen LogP contribution in [0.15, 0.2) is 12.2 Å². The standard InChI is InChI=1S/C14H22N2O3/c17-13(18)12-7-3-2-6-11(12)10-15-14(19)16-8-4-1-5-9-16/h1,4,11-12H,2-3,5-10H2,(H,15,19)(H,17,18). The van der Waals surface area contributed by atoms with E-state index in [9.17, 15) is 14.7 Å². The summed E-state index contributed by atoms with van der Waals surface area (Å²) >= 11 is 0. The second-order valence-electron chi connectivity index (χ2n) is 5.38. The van der Waals surface area contributed by atoms with Crippen LogP contribution in [0.4, 0.5) is 4.79 Å². The van der Waals surface area contributed by atoms with Crippen LogP contribution in [0, 0.1) is 11.8 Å². The Bertz CT molecular complexity index is 368. The number of carboxylic acids is 1. The number of nitrogens with zero attached hydrogens (tertiary/aromatic N) is 1. The Morgan fingerprint density at radius 1 is 1.26 bits per heavy atom. The van der Waals surface area contributed by atoms with Crippen molar-refractivity contribution in [3.8, 4) is 0 Å². The van der Waals surface area contributed by atoms with Gasteiger partial charge in [0.1, 0.15) is 0 Å². The molecule has 5 nitrogen and oxygen atoms in total. The molecule has 0 aromatic carbocycles. The third-order valence-corrected chi connectivity index (χ3v) is 4.09. The topological polar surface area (TPSA) is 69.6 Å². The molecule has 0 aromatic rings. The first-order chi connectivity index (χ1) is 9.18. The van der Waals surface area contributed by atoms with E-state index in [2.05, 4.69) is 11.4 Å². The summed E-state index contributed by atoms with van der Waals surface area (Å²) in [5.41, 5.74) is 0. The minimum atomic E-state index is -0.722. The van der Waals surface area contributed by atoms with Gasteiger partial charge in [-0.15, -0.1) is 0 Å². The van der Waals surface area contributed by atoms with Gasteiger partial charge in [0.25, 0.3) is 0 Å². The molecule has 2 atom stereocenters. The number of rotatable bonds is 3. The highest BCUT2D eigenvalue weighted by molar-refractivity contribution is 5.75. The Morgan fingerprint density at radius 2 is 2.05 bits per heavy atom. The molecule has 2 aliphatic rings. The number of hydrogen-bond acceptors (Lipinski definition) is 2. The van der Waals surface area contributed by atoms with Gasteiger partial charge in [0, 0.05) is 19.6 Å². The van der Waals surface area contributed by atoms with Gasteiger partial charge in [0.05, 0.1) is 5.92 Å². The molecular weight excluding hydrogens is 244 g/mol. The lowest BCUT2D eigenvalue weighted by Crippen LogP contribution is -2.45. The summed E-state index contributed by atoms with van der Waals surface area (Å²) in [6.45, 7) is 1.88. The molecule has 2 rings (SSSR count). The maximum atomic E-state index is 12.0. The Kier molecular flexibility index (Phi) is 4.82. The van der Waals surface area contributed by atoms with Gasteiger partial charge in [-0.3, -0.25) is 4.79 Å². The average Bonchev–Trinajstić information content (AvgIpc) is 2.46. The number of carboxylic acid groups (broad SMARTS) is 1. The molecule has 0 spiro atoms. The number of aliphatic carboxylic acids is 1. The summed E-state index contributed by atoms with van der Waals surface area (Å²) in [7, 11) is 0. The zero-order valence-corrected chi connectivity index (χ0v) is 11.2. The van der Waals surface area contributed by atoms with E-state index in [0.29, 0.717) is 13.1 Å². The van der Waals surface area contributed by atoms with Crippen molar-refractivity contribution in [2.45, 2.75) is 32.1 Å². The SMILES string of the molecule is O=C(O)C1CCCCC1CNC(=O)N1CC=CCC1. The van der Waals surface area contributed by atoms with Crippen LogP contribution in [-0.4, -0.2) is 41.6 Å². The zero-order chi connectivity index (χ0) is 13.7. The molecule has 1 heterocycles. The lowest BCUT2D eigenvalue weighted by atomic mass is 9.79. The fourth-order valence-corrected chi connectivity index (χ4v) is 2.93. The van der Waals surface area contributed by atoms with Gasteiger partial charge < -0.3 is 15.3 Å². The lowest BCUT2D eigenvalue weighted by Gasteiger charge is -2.30. The van der Waals surface area contributed by atoms with Gasteiger partial charge in [0.15, 0.2) is 0 Å². The number of carbonyl (C=O) groups excluding carboxylic acids is 1. The molecule has 1 aliphatic carbocycles. The fourth-order valence-electron chi connectivity index (χ4n) is 2.93. The molecule has 0 radical (unpaired) electrons. The van der Waals surface area contributed by atoms with E-state index in [4.69, 9.17) is 0 Å². The molecule has 5 heteroatoms. The van der Waals surface area contributed by atoms with Crippen molar-refractivity contribution in [3.05, 3.63) is 12.2 Å². The van der Waals surface area contributed by atoms with E-state index >= 15 is 0 Å². The molecular formula is C14H22N2O3. The molecule has 1 saturated carbocycles. The molecule has 0 aromatic heterocycles. The molecule has 1 fully saturated rings. The minimum Gasteiger partial charge on any atom is -0.481 e. The number of carbonyl (C=O) groups is 2. The second-order valence-corrected chi connectivity index (χ2v) is 5.38. The van der Waals surface area contributed by atoms with Crippen molar-refractivity contribution in [1.82, 2.24) is 10.2 Å². The molecule has 1 aliphatic heterocycles. The smallest absolute Gasteiger partial charge is 0.317 e. The van der Waals surface area contributed by atoms with Crippen molar-refractivity contribution >= 4 is 12.0 Å². The van der Waals surface area contributed by atoms with Crippen LogP contribution in [0.25, 0.3) is 0 Å². The predicted octanol–water partition coefficient (Wildman–Crippen LogP) is 1.85. The number of nitrogens with one attached hydrogen (secondary N) is 1. The maximum Gasteiger partial charge on any atom is 0.317 e. The summed E-state index contributed by atoms with van der Waals surface area (Å²) in [6, 6.07) is -0.0703. The van der Waals surface area contributed by atoms with E-state index in [-0.39, 0.29) is 17.9 Å². The van der Waals surface area contributed by atoms with E-state index in [1.165, 1.54) is 0 Å². The molecule has 0 saturated heterocycles. The van der Waals surface area contributed by atoms with Crippen LogP contribution in [0.3, 0.4) is 0 Å². The zero-order valence-electron chi connectivity index (χ0n) is 11.2. The Labute approximate surface area is 113 Å². The van der Waals surface area contributed by atoms with Crippen LogP contribution in [0.5, 0.6) is 0 Å². The summed E-state index contributed by atoms with van der Waals surface area (Å²) in [6.07, 6.45) is 8.65. The average molecular weight is 266 g/mol. The van der Waals surface area contributed by atoms with Crippen LogP contribution in [-0.2, 0) is 4.79 Å². The van der Waals surface area contributed by atoms with Crippen molar-refractivity contribution in [1.29, 1.82) is 0 Å². The third kappa shape index (κ3) is 3.72. The Morgan fingerprint density at radius 3 is 2.74 bits per heavy atom. The monoisotopic (exact) mass is 266 g/mol. The van der Waals surface area contributed by atoms with Crippen LogP contribution in [0.1, 0.15) is 32.1 Å². The van der Waals surface area contributed by atoms with Gasteiger partial charge in [0.2, 0.25) is 0 Å². The largest absolute Gasteiger partial charge is 0.481 e. The second kappa shape index (κ2) is 6.59. The quantitative estimate of drug-likeness (QED) is 0.766. The first kappa shape index (κ1) is 13.9. The van der Waals surface area contributed by atoms with E-state index in [1.54, 1.807) is 4.90 Å². The molecule has 2 amide bonds. The van der Waals surface area contributed by atoms with Crippen LogP contribution < -0.4 is 5.32 Å². The summed E-state index contributed by atoms with van der Waals surface area (Å²) in [4.78, 5) is 24.9. The molecule has 106 valence electrons. The van der Waals surface area contributed by atoms with Gasteiger partial charge in [-0.05, 0) is 25.2 Å². The molecule has 2 unspecified atom stereocenters. The highest BCUT2D eigenvalue weighted by atomic mass is 16.4. The van der Waals surface area contributed by atoms with E-state index < -0.39 is 5.97 Å². The summed E-state index contributed by atoms with van der Waals surface area (Å²) in [5, 5.41) is 12.1. The fraction of sp³-hybridized carbons (Fsp3) is 0.714. The minimum absolute atomic E-state index is 0.0703. The third-order valence-electron chi connectivity index (χ3n) is 4.09. The number of hydrogen-bond donors (Lipinski definition) is 2. The Hall–Kier alpha value is -1.52. The van der Waals surface area contributed by atoms with E-state index in [0.717, 1.165) is 38.6 Å². The first-order valence-corrected chi connectivity index (χ1v) is 7.09. The van der Waals surface area contributed by atoms with Crippen LogP contribution in [0.2, 0.25) is 0 Å². The highest BCUT2D eigenvalue weighted by Crippen LogP contribution is 2.29. The summed E-state index contributed by atoms with van der Waals surface area (Å²) < 4.78 is 0. The van der Waals surface area contributed by atoms with Gasteiger partial charge in [-0.25, -0.2) is 4.79 Å². The summed E-state index contributed by atoms with van der Waals surface area (Å²) in [5.74, 6) is -0.939. The van der Waals surface area contributed by atoms with E-state index in [1.807, 2.05) is 6.08 Å². The normalized spacial score (nSPS) is 27.1. The molecule has 19 heavy (non-hydrogen) atoms. The first-order valence-electron chi connectivity index (χ1n) is 7.09. The molecule has 0 bridgehead atoms. The lowest BCUT2D eigenvalue weighted by molar-refractivity contribution is -0.144. The molecule has 2 N–H and O–H groups in total. The van der Waals surface area contributed by atoms with Gasteiger partial charge in [-0.2, -0.15) is 0 Å². The highest BCUT2D eigenvalue weighted by Gasteiger charge is 2.31. The van der Waals surface area contributed by atoms with Gasteiger partial charge >= 0.3 is 12.0 Å². The van der Waals surface area contributed by atoms with Crippen molar-refractivity contribution < 1.29 is 14.7 Å². The van der Waals surface area contributed by atoms with Crippen molar-refractivity contribution in [2.24, 2.45) is 11.8 Å². The van der Waals surface area contributed by atoms with Gasteiger partial charge in [-0.1, -0.05) is 25.0 Å². The van der Waals surface area contributed by atoms with Crippen LogP contribution >= 0.6 is 0 Å². The number of urea groups is 1.